The van der Waals surface area contributed by atoms with E-state index in [4.69, 9.17) is 4.74 Å². The number of ether oxygens (including phenoxy) is 1. The molecule has 0 amide bonds. The molecule has 0 aliphatic carbocycles. The number of aliphatic hydroxyl groups is 1. The zero-order valence-corrected chi connectivity index (χ0v) is 12.1. The third-order valence-corrected chi connectivity index (χ3v) is 3.52. The van der Waals surface area contributed by atoms with E-state index in [0.29, 0.717) is 5.88 Å². The second-order valence-electron chi connectivity index (χ2n) is 5.04. The van der Waals surface area contributed by atoms with Crippen LogP contribution in [0.15, 0.2) is 36.8 Å². The van der Waals surface area contributed by atoms with Crippen molar-refractivity contribution in [2.24, 2.45) is 5.92 Å². The second kappa shape index (κ2) is 6.48. The van der Waals surface area contributed by atoms with E-state index in [1.807, 2.05) is 6.92 Å². The van der Waals surface area contributed by atoms with Crippen LogP contribution >= 0.6 is 0 Å². The van der Waals surface area contributed by atoms with Gasteiger partial charge in [0.05, 0.1) is 7.11 Å². The summed E-state index contributed by atoms with van der Waals surface area (Å²) in [7, 11) is 1.60. The van der Waals surface area contributed by atoms with Gasteiger partial charge in [-0.05, 0) is 18.4 Å². The number of aromatic nitrogens is 2. The Balaban J connectivity index is 2.50. The van der Waals surface area contributed by atoms with Crippen molar-refractivity contribution >= 4 is 0 Å². The summed E-state index contributed by atoms with van der Waals surface area (Å²) in [5.74, 6) is 0.625. The molecule has 0 fully saturated rings. The minimum Gasteiger partial charge on any atom is -0.481 e. The maximum absolute atomic E-state index is 9.56. The highest BCUT2D eigenvalue weighted by molar-refractivity contribution is 5.38. The molecule has 2 atom stereocenters. The van der Waals surface area contributed by atoms with Crippen LogP contribution in [-0.4, -0.2) is 28.8 Å². The Hall–Kier alpha value is -1.94. The van der Waals surface area contributed by atoms with Gasteiger partial charge in [0.25, 0.3) is 0 Å². The molecule has 0 spiro atoms. The SMILES string of the molecule is COc1ncncc1C(c1ccc(C)cc1)C(C)CO. The van der Waals surface area contributed by atoms with Gasteiger partial charge < -0.3 is 9.84 Å². The Morgan fingerprint density at radius 2 is 1.95 bits per heavy atom. The Labute approximate surface area is 119 Å². The summed E-state index contributed by atoms with van der Waals surface area (Å²) in [5.41, 5.74) is 3.24. The van der Waals surface area contributed by atoms with Crippen LogP contribution in [0.4, 0.5) is 0 Å². The third kappa shape index (κ3) is 2.96. The van der Waals surface area contributed by atoms with Gasteiger partial charge >= 0.3 is 0 Å². The van der Waals surface area contributed by atoms with E-state index in [1.165, 1.54) is 11.9 Å². The number of hydrogen-bond donors (Lipinski definition) is 1. The van der Waals surface area contributed by atoms with Gasteiger partial charge in [-0.3, -0.25) is 0 Å². The van der Waals surface area contributed by atoms with Crippen LogP contribution in [0.3, 0.4) is 0 Å². The maximum atomic E-state index is 9.56. The zero-order valence-electron chi connectivity index (χ0n) is 12.1. The topological polar surface area (TPSA) is 55.2 Å². The van der Waals surface area contributed by atoms with Crippen LogP contribution in [0.1, 0.15) is 29.5 Å². The Morgan fingerprint density at radius 1 is 1.25 bits per heavy atom. The normalized spacial score (nSPS) is 13.8. The smallest absolute Gasteiger partial charge is 0.219 e. The minimum atomic E-state index is 0.0109. The molecule has 0 radical (unpaired) electrons. The summed E-state index contributed by atoms with van der Waals surface area (Å²) >= 11 is 0. The molecule has 0 saturated heterocycles. The van der Waals surface area contributed by atoms with Crippen LogP contribution in [-0.2, 0) is 0 Å². The highest BCUT2D eigenvalue weighted by Gasteiger charge is 2.25. The maximum Gasteiger partial charge on any atom is 0.219 e. The molecule has 1 heterocycles. The molecular weight excluding hydrogens is 252 g/mol. The lowest BCUT2D eigenvalue weighted by atomic mass is 9.82. The van der Waals surface area contributed by atoms with Gasteiger partial charge in [0.1, 0.15) is 6.33 Å². The average molecular weight is 272 g/mol. The van der Waals surface area contributed by atoms with E-state index in [1.54, 1.807) is 13.3 Å². The summed E-state index contributed by atoms with van der Waals surface area (Å²) in [4.78, 5) is 8.26. The summed E-state index contributed by atoms with van der Waals surface area (Å²) in [6, 6.07) is 8.31. The first-order valence-electron chi connectivity index (χ1n) is 6.68. The summed E-state index contributed by atoms with van der Waals surface area (Å²) < 4.78 is 5.33. The lowest BCUT2D eigenvalue weighted by molar-refractivity contribution is 0.223. The van der Waals surface area contributed by atoms with Crippen molar-refractivity contribution in [1.82, 2.24) is 9.97 Å². The third-order valence-electron chi connectivity index (χ3n) is 3.52. The average Bonchev–Trinajstić information content (AvgIpc) is 2.49. The van der Waals surface area contributed by atoms with E-state index in [2.05, 4.69) is 41.2 Å². The fourth-order valence-corrected chi connectivity index (χ4v) is 2.41. The predicted molar refractivity (Wildman–Crippen MR) is 77.9 cm³/mol. The van der Waals surface area contributed by atoms with Gasteiger partial charge in [-0.15, -0.1) is 0 Å². The molecule has 1 aromatic carbocycles. The first-order chi connectivity index (χ1) is 9.67. The van der Waals surface area contributed by atoms with Gasteiger partial charge in [-0.25, -0.2) is 9.97 Å². The molecule has 106 valence electrons. The van der Waals surface area contributed by atoms with Crippen LogP contribution in [0.5, 0.6) is 5.88 Å². The van der Waals surface area contributed by atoms with Crippen molar-refractivity contribution in [2.75, 3.05) is 13.7 Å². The Bertz CT molecular complexity index is 555. The van der Waals surface area contributed by atoms with Crippen LogP contribution < -0.4 is 4.74 Å². The van der Waals surface area contributed by atoms with E-state index < -0.39 is 0 Å². The van der Waals surface area contributed by atoms with Crippen molar-refractivity contribution in [1.29, 1.82) is 0 Å². The predicted octanol–water partition coefficient (Wildman–Crippen LogP) is 2.55. The molecule has 4 nitrogen and oxygen atoms in total. The monoisotopic (exact) mass is 272 g/mol. The van der Waals surface area contributed by atoms with Crippen molar-refractivity contribution in [2.45, 2.75) is 19.8 Å². The largest absolute Gasteiger partial charge is 0.481 e. The molecule has 20 heavy (non-hydrogen) atoms. The lowest BCUT2D eigenvalue weighted by Crippen LogP contribution is -2.16. The summed E-state index contributed by atoms with van der Waals surface area (Å²) in [6.07, 6.45) is 3.24. The molecule has 0 aliphatic heterocycles. The number of aliphatic hydroxyl groups excluding tert-OH is 1. The molecule has 1 aromatic heterocycles. The molecule has 0 saturated carbocycles. The molecule has 2 unspecified atom stereocenters. The fourth-order valence-electron chi connectivity index (χ4n) is 2.41. The first-order valence-corrected chi connectivity index (χ1v) is 6.68. The molecular formula is C16H20N2O2. The van der Waals surface area contributed by atoms with Gasteiger partial charge in [0, 0.05) is 24.3 Å². The Kier molecular flexibility index (Phi) is 4.69. The second-order valence-corrected chi connectivity index (χ2v) is 5.04. The number of rotatable bonds is 5. The zero-order chi connectivity index (χ0) is 14.5. The fraction of sp³-hybridized carbons (Fsp3) is 0.375. The number of hydrogen-bond acceptors (Lipinski definition) is 4. The number of methoxy groups -OCH3 is 1. The van der Waals surface area contributed by atoms with Crippen molar-refractivity contribution in [3.05, 3.63) is 53.5 Å². The summed E-state index contributed by atoms with van der Waals surface area (Å²) in [5, 5.41) is 9.56. The van der Waals surface area contributed by atoms with Crippen LogP contribution in [0.25, 0.3) is 0 Å². The van der Waals surface area contributed by atoms with Gasteiger partial charge in [0.2, 0.25) is 5.88 Å². The number of nitrogens with zero attached hydrogens (tertiary/aromatic N) is 2. The molecule has 0 bridgehead atoms. The van der Waals surface area contributed by atoms with Crippen LogP contribution in [0.2, 0.25) is 0 Å². The highest BCUT2D eigenvalue weighted by atomic mass is 16.5. The van der Waals surface area contributed by atoms with Gasteiger partial charge in [-0.2, -0.15) is 0 Å². The number of aryl methyl sites for hydroxylation is 1. The van der Waals surface area contributed by atoms with Crippen LogP contribution in [0, 0.1) is 12.8 Å². The van der Waals surface area contributed by atoms with E-state index in [-0.39, 0.29) is 18.4 Å². The molecule has 2 rings (SSSR count). The number of benzene rings is 1. The van der Waals surface area contributed by atoms with E-state index in [0.717, 1.165) is 11.1 Å². The van der Waals surface area contributed by atoms with Gasteiger partial charge in [-0.1, -0.05) is 36.8 Å². The van der Waals surface area contributed by atoms with Crippen molar-refractivity contribution in [3.8, 4) is 5.88 Å². The minimum absolute atomic E-state index is 0.0109. The van der Waals surface area contributed by atoms with E-state index >= 15 is 0 Å². The molecule has 2 aromatic rings. The highest BCUT2D eigenvalue weighted by Crippen LogP contribution is 2.35. The van der Waals surface area contributed by atoms with Crippen molar-refractivity contribution < 1.29 is 9.84 Å². The summed E-state index contributed by atoms with van der Waals surface area (Å²) in [6.45, 7) is 4.16. The quantitative estimate of drug-likeness (QED) is 0.909. The van der Waals surface area contributed by atoms with Crippen molar-refractivity contribution in [3.63, 3.8) is 0 Å². The molecule has 4 heteroatoms. The Morgan fingerprint density at radius 3 is 2.55 bits per heavy atom. The van der Waals surface area contributed by atoms with E-state index in [9.17, 15) is 5.11 Å². The molecule has 0 aliphatic rings. The standard InChI is InChI=1S/C16H20N2O2/c1-11-4-6-13(7-5-11)15(12(2)9-19)14-8-17-10-18-16(14)20-3/h4-8,10,12,15,19H,9H2,1-3H3. The first kappa shape index (κ1) is 14.5. The van der Waals surface area contributed by atoms with Gasteiger partial charge in [0.15, 0.2) is 0 Å². The molecule has 1 N–H and O–H groups in total. The lowest BCUT2D eigenvalue weighted by Gasteiger charge is -2.24.